The topological polar surface area (TPSA) is 72.8 Å². The summed E-state index contributed by atoms with van der Waals surface area (Å²) in [7, 11) is 1.82. The minimum absolute atomic E-state index is 0.189. The second-order valence-electron chi connectivity index (χ2n) is 4.02. The smallest absolute Gasteiger partial charge is 0.251 e. The van der Waals surface area contributed by atoms with Crippen LogP contribution in [0.5, 0.6) is 0 Å². The average Bonchev–Trinajstić information content (AvgIpc) is 2.75. The van der Waals surface area contributed by atoms with Crippen molar-refractivity contribution in [2.45, 2.75) is 20.0 Å². The highest BCUT2D eigenvalue weighted by atomic mass is 16.5. The summed E-state index contributed by atoms with van der Waals surface area (Å²) in [5.74, 6) is 0.531. The van der Waals surface area contributed by atoms with Gasteiger partial charge in [0.05, 0.1) is 11.9 Å². The maximum Gasteiger partial charge on any atom is 0.251 e. The van der Waals surface area contributed by atoms with E-state index in [1.54, 1.807) is 10.9 Å². The van der Waals surface area contributed by atoms with Gasteiger partial charge in [0.15, 0.2) is 0 Å². The Balaban J connectivity index is 2.41. The fraction of sp³-hybridized carbons (Fsp3) is 0.417. The Bertz CT molecular complexity index is 588. The third-order valence-electron chi connectivity index (χ3n) is 2.56. The fourth-order valence-electron chi connectivity index (χ4n) is 1.70. The van der Waals surface area contributed by atoms with Gasteiger partial charge in [-0.2, -0.15) is 5.10 Å². The van der Waals surface area contributed by atoms with E-state index in [4.69, 9.17) is 4.74 Å². The molecule has 1 unspecified atom stereocenters. The maximum absolute atomic E-state index is 11.6. The normalized spacial score (nSPS) is 12.6. The van der Waals surface area contributed by atoms with Crippen molar-refractivity contribution >= 4 is 0 Å². The number of hydrogen-bond donors (Lipinski definition) is 1. The molecule has 6 heteroatoms. The zero-order valence-corrected chi connectivity index (χ0v) is 10.7. The lowest BCUT2D eigenvalue weighted by atomic mass is 10.2. The van der Waals surface area contributed by atoms with Gasteiger partial charge in [0.1, 0.15) is 11.9 Å². The van der Waals surface area contributed by atoms with Gasteiger partial charge in [-0.25, -0.2) is 4.98 Å². The number of ether oxygens (including phenoxy) is 1. The number of rotatable bonds is 4. The standard InChI is InChI=1S/C12H16N4O2/c1-4-18-8(2)12-14-10(5-11(17)15-12)9-6-13-16(3)7-9/h5-8H,4H2,1-3H3,(H,14,15,17). The molecular weight excluding hydrogens is 232 g/mol. The van der Waals surface area contributed by atoms with Crippen molar-refractivity contribution in [1.82, 2.24) is 19.7 Å². The van der Waals surface area contributed by atoms with Crippen molar-refractivity contribution < 1.29 is 4.74 Å². The first-order valence-corrected chi connectivity index (χ1v) is 5.82. The minimum Gasteiger partial charge on any atom is -0.371 e. The Morgan fingerprint density at radius 1 is 1.56 bits per heavy atom. The molecule has 0 aromatic carbocycles. The summed E-state index contributed by atoms with van der Waals surface area (Å²) < 4.78 is 7.10. The predicted molar refractivity (Wildman–Crippen MR) is 67.1 cm³/mol. The van der Waals surface area contributed by atoms with Crippen LogP contribution in [-0.2, 0) is 11.8 Å². The van der Waals surface area contributed by atoms with Gasteiger partial charge in [-0.05, 0) is 13.8 Å². The summed E-state index contributed by atoms with van der Waals surface area (Å²) in [6, 6.07) is 1.46. The van der Waals surface area contributed by atoms with Crippen LogP contribution in [0.15, 0.2) is 23.3 Å². The molecule has 0 aliphatic rings. The predicted octanol–water partition coefficient (Wildman–Crippen LogP) is 1.27. The van der Waals surface area contributed by atoms with E-state index in [-0.39, 0.29) is 11.7 Å². The van der Waals surface area contributed by atoms with E-state index >= 15 is 0 Å². The number of aryl methyl sites for hydroxylation is 1. The summed E-state index contributed by atoms with van der Waals surface area (Å²) in [5.41, 5.74) is 1.23. The Kier molecular flexibility index (Phi) is 3.57. The van der Waals surface area contributed by atoms with Crippen molar-refractivity contribution in [2.24, 2.45) is 7.05 Å². The lowest BCUT2D eigenvalue weighted by molar-refractivity contribution is 0.0699. The van der Waals surface area contributed by atoms with E-state index in [0.717, 1.165) is 5.56 Å². The summed E-state index contributed by atoms with van der Waals surface area (Å²) in [4.78, 5) is 18.7. The SMILES string of the molecule is CCOC(C)c1nc(-c2cnn(C)c2)cc(=O)[nH]1. The van der Waals surface area contributed by atoms with Gasteiger partial charge in [0, 0.05) is 31.5 Å². The molecule has 96 valence electrons. The molecule has 2 rings (SSSR count). The van der Waals surface area contributed by atoms with Crippen LogP contribution < -0.4 is 5.56 Å². The first kappa shape index (κ1) is 12.5. The number of aromatic amines is 1. The first-order valence-electron chi connectivity index (χ1n) is 5.82. The van der Waals surface area contributed by atoms with Gasteiger partial charge in [-0.1, -0.05) is 0 Å². The van der Waals surface area contributed by atoms with E-state index in [9.17, 15) is 4.79 Å². The molecule has 0 amide bonds. The van der Waals surface area contributed by atoms with Crippen LogP contribution in [0.3, 0.4) is 0 Å². The average molecular weight is 248 g/mol. The molecule has 0 saturated heterocycles. The molecule has 2 aromatic heterocycles. The van der Waals surface area contributed by atoms with E-state index in [2.05, 4.69) is 15.1 Å². The Labute approximate surface area is 105 Å². The minimum atomic E-state index is -0.237. The third kappa shape index (κ3) is 2.65. The van der Waals surface area contributed by atoms with Crippen molar-refractivity contribution in [2.75, 3.05) is 6.61 Å². The van der Waals surface area contributed by atoms with Crippen molar-refractivity contribution in [3.05, 3.63) is 34.6 Å². The van der Waals surface area contributed by atoms with Crippen molar-refractivity contribution in [3.63, 3.8) is 0 Å². The summed E-state index contributed by atoms with van der Waals surface area (Å²) in [6.07, 6.45) is 3.26. The Morgan fingerprint density at radius 3 is 2.94 bits per heavy atom. The molecule has 6 nitrogen and oxygen atoms in total. The second-order valence-corrected chi connectivity index (χ2v) is 4.02. The van der Waals surface area contributed by atoms with Crippen LogP contribution in [0.4, 0.5) is 0 Å². The number of hydrogen-bond acceptors (Lipinski definition) is 4. The van der Waals surface area contributed by atoms with Crippen molar-refractivity contribution in [3.8, 4) is 11.3 Å². The first-order chi connectivity index (χ1) is 8.60. The van der Waals surface area contributed by atoms with Gasteiger partial charge in [-0.3, -0.25) is 9.48 Å². The molecule has 0 aliphatic carbocycles. The van der Waals surface area contributed by atoms with Gasteiger partial charge in [0.25, 0.3) is 5.56 Å². The third-order valence-corrected chi connectivity index (χ3v) is 2.56. The zero-order chi connectivity index (χ0) is 13.1. The second kappa shape index (κ2) is 5.14. The molecule has 0 fully saturated rings. The largest absolute Gasteiger partial charge is 0.371 e. The summed E-state index contributed by atoms with van der Waals surface area (Å²) in [6.45, 7) is 4.33. The lowest BCUT2D eigenvalue weighted by Gasteiger charge is -2.11. The van der Waals surface area contributed by atoms with E-state index < -0.39 is 0 Å². The number of nitrogens with one attached hydrogen (secondary N) is 1. The number of nitrogens with zero attached hydrogens (tertiary/aromatic N) is 3. The quantitative estimate of drug-likeness (QED) is 0.884. The highest BCUT2D eigenvalue weighted by molar-refractivity contribution is 5.56. The molecule has 0 bridgehead atoms. The van der Waals surface area contributed by atoms with Crippen LogP contribution in [0.2, 0.25) is 0 Å². The van der Waals surface area contributed by atoms with Crippen LogP contribution in [-0.4, -0.2) is 26.4 Å². The van der Waals surface area contributed by atoms with E-state index in [0.29, 0.717) is 18.1 Å². The fourth-order valence-corrected chi connectivity index (χ4v) is 1.70. The lowest BCUT2D eigenvalue weighted by Crippen LogP contribution is -2.14. The number of H-pyrrole nitrogens is 1. The highest BCUT2D eigenvalue weighted by Crippen LogP contribution is 2.17. The van der Waals surface area contributed by atoms with Gasteiger partial charge in [-0.15, -0.1) is 0 Å². The van der Waals surface area contributed by atoms with Crippen LogP contribution >= 0.6 is 0 Å². The van der Waals surface area contributed by atoms with E-state index in [1.165, 1.54) is 6.07 Å². The van der Waals surface area contributed by atoms with Gasteiger partial charge < -0.3 is 9.72 Å². The Hall–Kier alpha value is -1.95. The molecule has 1 atom stereocenters. The molecule has 0 aliphatic heterocycles. The van der Waals surface area contributed by atoms with Gasteiger partial charge in [0.2, 0.25) is 0 Å². The molecule has 0 saturated carbocycles. The van der Waals surface area contributed by atoms with Crippen molar-refractivity contribution in [1.29, 1.82) is 0 Å². The van der Waals surface area contributed by atoms with Crippen LogP contribution in [0.25, 0.3) is 11.3 Å². The highest BCUT2D eigenvalue weighted by Gasteiger charge is 2.11. The molecule has 0 radical (unpaired) electrons. The Morgan fingerprint density at radius 2 is 2.33 bits per heavy atom. The molecule has 1 N–H and O–H groups in total. The summed E-state index contributed by atoms with van der Waals surface area (Å²) in [5, 5.41) is 4.07. The number of aromatic nitrogens is 4. The maximum atomic E-state index is 11.6. The molecule has 18 heavy (non-hydrogen) atoms. The van der Waals surface area contributed by atoms with Crippen LogP contribution in [0.1, 0.15) is 25.8 Å². The van der Waals surface area contributed by atoms with E-state index in [1.807, 2.05) is 27.1 Å². The van der Waals surface area contributed by atoms with Gasteiger partial charge >= 0.3 is 0 Å². The van der Waals surface area contributed by atoms with Crippen LogP contribution in [0, 0.1) is 0 Å². The molecule has 2 heterocycles. The molecule has 2 aromatic rings. The molecular formula is C12H16N4O2. The zero-order valence-electron chi connectivity index (χ0n) is 10.7. The molecule has 0 spiro atoms. The summed E-state index contributed by atoms with van der Waals surface area (Å²) >= 11 is 0. The monoisotopic (exact) mass is 248 g/mol.